The Kier molecular flexibility index (Phi) is 4.97. The maximum atomic E-state index is 5.97. The Morgan fingerprint density at radius 1 is 1.56 bits per heavy atom. The maximum Gasteiger partial charge on any atom is 0.0614 e. The molecule has 1 aromatic carbocycles. The van der Waals surface area contributed by atoms with Crippen LogP contribution in [0.4, 0.5) is 0 Å². The Bertz CT molecular complexity index is 424. The van der Waals surface area contributed by atoms with Gasteiger partial charge in [0.1, 0.15) is 0 Å². The molecule has 3 heteroatoms. The Morgan fingerprint density at radius 3 is 2.81 bits per heavy atom. The normalized spacial score (nSPS) is 11.6. The molecule has 0 radical (unpaired) electrons. The number of hydrogen-bond donors (Lipinski definition) is 1. The fourth-order valence-electron chi connectivity index (χ4n) is 1.32. The molecule has 1 aromatic rings. The summed E-state index contributed by atoms with van der Waals surface area (Å²) in [5.74, 6) is 0.843. The predicted molar refractivity (Wildman–Crippen MR) is 75.4 cm³/mol. The molecular formula is C13H16ClNS. The van der Waals surface area contributed by atoms with E-state index in [1.165, 1.54) is 5.56 Å². The lowest BCUT2D eigenvalue weighted by molar-refractivity contribution is 1.36. The van der Waals surface area contributed by atoms with Crippen molar-refractivity contribution in [3.63, 3.8) is 0 Å². The first-order chi connectivity index (χ1) is 7.54. The van der Waals surface area contributed by atoms with E-state index < -0.39 is 0 Å². The monoisotopic (exact) mass is 253 g/mol. The fourth-order valence-corrected chi connectivity index (χ4v) is 2.23. The van der Waals surface area contributed by atoms with Crippen LogP contribution in [0, 0.1) is 0 Å². The Hall–Kier alpha value is -0.860. The average Bonchev–Trinajstić information content (AvgIpc) is 2.26. The first-order valence-corrected chi connectivity index (χ1v) is 6.40. The molecule has 0 aliphatic heterocycles. The van der Waals surface area contributed by atoms with Crippen LogP contribution in [0.1, 0.15) is 25.0 Å². The van der Waals surface area contributed by atoms with Gasteiger partial charge < -0.3 is 5.73 Å². The molecule has 0 saturated carbocycles. The zero-order chi connectivity index (χ0) is 12.1. The molecule has 0 aromatic heterocycles. The van der Waals surface area contributed by atoms with Crippen LogP contribution in [0.5, 0.6) is 0 Å². The summed E-state index contributed by atoms with van der Waals surface area (Å²) in [5.41, 5.74) is 9.11. The minimum Gasteiger partial charge on any atom is -0.394 e. The summed E-state index contributed by atoms with van der Waals surface area (Å²) in [4.78, 5) is 0. The van der Waals surface area contributed by atoms with E-state index in [2.05, 4.69) is 6.58 Å². The van der Waals surface area contributed by atoms with Gasteiger partial charge in [-0.15, -0.1) is 11.8 Å². The molecule has 0 aliphatic carbocycles. The summed E-state index contributed by atoms with van der Waals surface area (Å²) in [5, 5.41) is 1.58. The third kappa shape index (κ3) is 3.62. The molecular weight excluding hydrogens is 238 g/mol. The quantitative estimate of drug-likeness (QED) is 0.859. The van der Waals surface area contributed by atoms with Crippen molar-refractivity contribution in [1.29, 1.82) is 0 Å². The molecule has 0 aliphatic rings. The molecule has 0 heterocycles. The molecule has 0 bridgehead atoms. The molecule has 0 fully saturated rings. The van der Waals surface area contributed by atoms with Gasteiger partial charge in [-0.05, 0) is 37.1 Å². The van der Waals surface area contributed by atoms with E-state index in [4.69, 9.17) is 17.3 Å². The lowest BCUT2D eigenvalue weighted by Gasteiger charge is -2.09. The van der Waals surface area contributed by atoms with Gasteiger partial charge in [0.15, 0.2) is 0 Å². The van der Waals surface area contributed by atoms with E-state index in [1.54, 1.807) is 11.8 Å². The zero-order valence-electron chi connectivity index (χ0n) is 9.59. The second kappa shape index (κ2) is 6.02. The SMILES string of the molecule is C=C(C)c1cc(Cl)ccc1CS/C(N)=C/C. The van der Waals surface area contributed by atoms with E-state index in [1.807, 2.05) is 38.1 Å². The maximum absolute atomic E-state index is 5.97. The van der Waals surface area contributed by atoms with E-state index in [0.29, 0.717) is 0 Å². The van der Waals surface area contributed by atoms with Crippen LogP contribution >= 0.6 is 23.4 Å². The summed E-state index contributed by atoms with van der Waals surface area (Å²) < 4.78 is 0. The topological polar surface area (TPSA) is 26.0 Å². The lowest BCUT2D eigenvalue weighted by Crippen LogP contribution is -1.94. The van der Waals surface area contributed by atoms with Crippen molar-refractivity contribution in [3.8, 4) is 0 Å². The van der Waals surface area contributed by atoms with Crippen molar-refractivity contribution in [2.45, 2.75) is 19.6 Å². The minimum absolute atomic E-state index is 0.741. The van der Waals surface area contributed by atoms with Crippen molar-refractivity contribution in [3.05, 3.63) is 52.0 Å². The highest BCUT2D eigenvalue weighted by Gasteiger charge is 2.05. The van der Waals surface area contributed by atoms with E-state index in [-0.39, 0.29) is 0 Å². The number of thioether (sulfide) groups is 1. The zero-order valence-corrected chi connectivity index (χ0v) is 11.2. The molecule has 2 N–H and O–H groups in total. The number of halogens is 1. The third-order valence-electron chi connectivity index (χ3n) is 2.21. The van der Waals surface area contributed by atoms with Crippen LogP contribution in [-0.4, -0.2) is 0 Å². The highest BCUT2D eigenvalue weighted by atomic mass is 35.5. The standard InChI is InChI=1S/C13H16ClNS/c1-4-13(15)16-8-10-5-6-11(14)7-12(10)9(2)3/h4-7H,2,8,15H2,1,3H3/b13-4+. The lowest BCUT2D eigenvalue weighted by atomic mass is 10.0. The Morgan fingerprint density at radius 2 is 2.25 bits per heavy atom. The van der Waals surface area contributed by atoms with Crippen molar-refractivity contribution >= 4 is 28.9 Å². The second-order valence-corrected chi connectivity index (χ2v) is 5.05. The van der Waals surface area contributed by atoms with Crippen molar-refractivity contribution < 1.29 is 0 Å². The Balaban J connectivity index is 2.91. The molecule has 0 unspecified atom stereocenters. The van der Waals surface area contributed by atoms with Crippen LogP contribution in [0.2, 0.25) is 5.02 Å². The van der Waals surface area contributed by atoms with Crippen LogP contribution in [0.3, 0.4) is 0 Å². The molecule has 0 saturated heterocycles. The largest absolute Gasteiger partial charge is 0.394 e. The van der Waals surface area contributed by atoms with Gasteiger partial charge >= 0.3 is 0 Å². The summed E-state index contributed by atoms with van der Waals surface area (Å²) >= 11 is 7.59. The van der Waals surface area contributed by atoms with Crippen LogP contribution in [0.15, 0.2) is 35.9 Å². The highest BCUT2D eigenvalue weighted by Crippen LogP contribution is 2.26. The van der Waals surface area contributed by atoms with Crippen molar-refractivity contribution in [2.75, 3.05) is 0 Å². The molecule has 86 valence electrons. The third-order valence-corrected chi connectivity index (χ3v) is 3.47. The van der Waals surface area contributed by atoms with Gasteiger partial charge in [-0.2, -0.15) is 0 Å². The van der Waals surface area contributed by atoms with Crippen LogP contribution in [-0.2, 0) is 5.75 Å². The molecule has 0 spiro atoms. The summed E-state index contributed by atoms with van der Waals surface area (Å²) in [6.45, 7) is 7.88. The van der Waals surface area contributed by atoms with Gasteiger partial charge in [-0.1, -0.05) is 35.9 Å². The van der Waals surface area contributed by atoms with E-state index >= 15 is 0 Å². The molecule has 0 amide bonds. The summed E-state index contributed by atoms with van der Waals surface area (Å²) in [7, 11) is 0. The van der Waals surface area contributed by atoms with Gasteiger partial charge in [0.2, 0.25) is 0 Å². The second-order valence-electron chi connectivity index (χ2n) is 3.56. The number of allylic oxidation sites excluding steroid dienone is 2. The predicted octanol–water partition coefficient (Wildman–Crippen LogP) is 4.43. The van der Waals surface area contributed by atoms with Gasteiger partial charge in [0.25, 0.3) is 0 Å². The van der Waals surface area contributed by atoms with Gasteiger partial charge in [0, 0.05) is 10.8 Å². The molecule has 16 heavy (non-hydrogen) atoms. The molecule has 1 rings (SSSR count). The number of benzene rings is 1. The minimum atomic E-state index is 0.741. The van der Waals surface area contributed by atoms with Crippen molar-refractivity contribution in [2.24, 2.45) is 5.73 Å². The van der Waals surface area contributed by atoms with Gasteiger partial charge in [-0.3, -0.25) is 0 Å². The number of nitrogens with two attached hydrogens (primary N) is 1. The fraction of sp³-hybridized carbons (Fsp3) is 0.231. The van der Waals surface area contributed by atoms with Crippen LogP contribution in [0.25, 0.3) is 5.57 Å². The molecule has 1 nitrogen and oxygen atoms in total. The summed E-state index contributed by atoms with van der Waals surface area (Å²) in [6, 6.07) is 5.88. The van der Waals surface area contributed by atoms with Gasteiger partial charge in [0.05, 0.1) is 5.03 Å². The molecule has 0 atom stereocenters. The van der Waals surface area contributed by atoms with Gasteiger partial charge in [-0.25, -0.2) is 0 Å². The first kappa shape index (κ1) is 13.2. The van der Waals surface area contributed by atoms with E-state index in [0.717, 1.165) is 26.9 Å². The average molecular weight is 254 g/mol. The van der Waals surface area contributed by atoms with E-state index in [9.17, 15) is 0 Å². The first-order valence-electron chi connectivity index (χ1n) is 5.03. The Labute approximate surface area is 106 Å². The highest BCUT2D eigenvalue weighted by molar-refractivity contribution is 8.02. The smallest absolute Gasteiger partial charge is 0.0614 e. The number of rotatable bonds is 4. The van der Waals surface area contributed by atoms with Crippen LogP contribution < -0.4 is 5.73 Å². The summed E-state index contributed by atoms with van der Waals surface area (Å²) in [6.07, 6.45) is 1.90. The number of hydrogen-bond acceptors (Lipinski definition) is 2. The van der Waals surface area contributed by atoms with Crippen molar-refractivity contribution in [1.82, 2.24) is 0 Å².